The Morgan fingerprint density at radius 2 is 1.85 bits per heavy atom. The lowest BCUT2D eigenvalue weighted by Gasteiger charge is -1.90. The summed E-state index contributed by atoms with van der Waals surface area (Å²) in [5.41, 5.74) is 0. The molecule has 72 valence electrons. The van der Waals surface area contributed by atoms with E-state index in [0.717, 1.165) is 0 Å². The number of rotatable bonds is 0. The number of aryl methyl sites for hydroxylation is 1. The second-order valence-electron chi connectivity index (χ2n) is 3.37. The highest BCUT2D eigenvalue weighted by Crippen LogP contribution is 2.01. The van der Waals surface area contributed by atoms with Crippen molar-refractivity contribution in [3.05, 3.63) is 20.7 Å². The SMILES string of the molecule is CCC.Cc1cc2c(s1)=CCCC=2. The van der Waals surface area contributed by atoms with Crippen LogP contribution in [0.25, 0.3) is 12.2 Å². The van der Waals surface area contributed by atoms with E-state index in [2.05, 4.69) is 39.0 Å². The summed E-state index contributed by atoms with van der Waals surface area (Å²) in [4.78, 5) is 1.43. The predicted molar refractivity (Wildman–Crippen MR) is 62.4 cm³/mol. The van der Waals surface area contributed by atoms with E-state index < -0.39 is 0 Å². The topological polar surface area (TPSA) is 0 Å². The Morgan fingerprint density at radius 3 is 2.46 bits per heavy atom. The van der Waals surface area contributed by atoms with Gasteiger partial charge in [0.2, 0.25) is 0 Å². The zero-order valence-electron chi connectivity index (χ0n) is 8.76. The molecule has 0 saturated carbocycles. The Kier molecular flexibility index (Phi) is 4.23. The maximum atomic E-state index is 2.34. The first-order chi connectivity index (χ1) is 6.27. The highest BCUT2D eigenvalue weighted by atomic mass is 32.1. The normalized spacial score (nSPS) is 13.2. The lowest BCUT2D eigenvalue weighted by atomic mass is 10.2. The molecule has 1 aliphatic rings. The van der Waals surface area contributed by atoms with Gasteiger partial charge in [-0.3, -0.25) is 0 Å². The van der Waals surface area contributed by atoms with Gasteiger partial charge in [-0.15, -0.1) is 11.3 Å². The van der Waals surface area contributed by atoms with Gasteiger partial charge in [0.15, 0.2) is 0 Å². The van der Waals surface area contributed by atoms with E-state index in [0.29, 0.717) is 0 Å². The van der Waals surface area contributed by atoms with Crippen LogP contribution in [0.5, 0.6) is 0 Å². The monoisotopic (exact) mass is 194 g/mol. The van der Waals surface area contributed by atoms with Gasteiger partial charge in [0.25, 0.3) is 0 Å². The minimum absolute atomic E-state index is 1.23. The molecule has 0 nitrogen and oxygen atoms in total. The predicted octanol–water partition coefficient (Wildman–Crippen LogP) is 2.83. The minimum Gasteiger partial charge on any atom is -0.141 e. The molecule has 0 N–H and O–H groups in total. The van der Waals surface area contributed by atoms with Crippen molar-refractivity contribution < 1.29 is 0 Å². The molecule has 1 aromatic rings. The molecule has 1 aromatic heterocycles. The number of thiophene rings is 1. The van der Waals surface area contributed by atoms with Crippen LogP contribution >= 0.6 is 11.3 Å². The van der Waals surface area contributed by atoms with Crippen LogP contribution in [0.4, 0.5) is 0 Å². The van der Waals surface area contributed by atoms with Crippen molar-refractivity contribution in [2.45, 2.75) is 40.0 Å². The second-order valence-corrected chi connectivity index (χ2v) is 4.66. The van der Waals surface area contributed by atoms with Crippen LogP contribution in [-0.4, -0.2) is 0 Å². The molecule has 0 aromatic carbocycles. The van der Waals surface area contributed by atoms with Crippen molar-refractivity contribution in [3.63, 3.8) is 0 Å². The van der Waals surface area contributed by atoms with E-state index in [1.165, 1.54) is 33.9 Å². The van der Waals surface area contributed by atoms with Gasteiger partial charge in [0, 0.05) is 9.41 Å². The van der Waals surface area contributed by atoms with Gasteiger partial charge in [-0.2, -0.15) is 0 Å². The van der Waals surface area contributed by atoms with Crippen molar-refractivity contribution >= 4 is 23.5 Å². The number of fused-ring (bicyclic) bond motifs is 1. The average Bonchev–Trinajstić information content (AvgIpc) is 2.45. The lowest BCUT2D eigenvalue weighted by molar-refractivity contribution is 1.09. The van der Waals surface area contributed by atoms with Crippen molar-refractivity contribution in [2.24, 2.45) is 0 Å². The van der Waals surface area contributed by atoms with Gasteiger partial charge in [-0.1, -0.05) is 32.4 Å². The summed E-state index contributed by atoms with van der Waals surface area (Å²) in [6.45, 7) is 6.42. The third-order valence-electron chi connectivity index (χ3n) is 1.77. The zero-order valence-corrected chi connectivity index (χ0v) is 9.58. The van der Waals surface area contributed by atoms with Gasteiger partial charge >= 0.3 is 0 Å². The molecule has 0 atom stereocenters. The first-order valence-corrected chi connectivity index (χ1v) is 5.86. The second kappa shape index (κ2) is 5.23. The molecule has 0 fully saturated rings. The molecular weight excluding hydrogens is 176 g/mol. The average molecular weight is 194 g/mol. The molecule has 1 heteroatoms. The van der Waals surface area contributed by atoms with Crippen LogP contribution in [0.1, 0.15) is 38.0 Å². The summed E-state index contributed by atoms with van der Waals surface area (Å²) < 4.78 is 1.48. The van der Waals surface area contributed by atoms with E-state index in [1.807, 2.05) is 11.3 Å². The lowest BCUT2D eigenvalue weighted by Crippen LogP contribution is -2.19. The smallest absolute Gasteiger partial charge is 0.0302 e. The molecule has 0 unspecified atom stereocenters. The zero-order chi connectivity index (χ0) is 9.68. The van der Waals surface area contributed by atoms with Crippen LogP contribution in [0.3, 0.4) is 0 Å². The molecule has 2 rings (SSSR count). The molecule has 0 radical (unpaired) electrons. The fourth-order valence-corrected chi connectivity index (χ4v) is 2.32. The van der Waals surface area contributed by atoms with Gasteiger partial charge in [0.1, 0.15) is 0 Å². The summed E-state index contributed by atoms with van der Waals surface area (Å²) in [6, 6.07) is 2.27. The van der Waals surface area contributed by atoms with Gasteiger partial charge in [-0.05, 0) is 31.1 Å². The van der Waals surface area contributed by atoms with E-state index in [4.69, 9.17) is 0 Å². The maximum Gasteiger partial charge on any atom is 0.0302 e. The van der Waals surface area contributed by atoms with E-state index in [1.54, 1.807) is 0 Å². The highest BCUT2D eigenvalue weighted by Gasteiger charge is 1.95. The largest absolute Gasteiger partial charge is 0.141 e. The van der Waals surface area contributed by atoms with Crippen LogP contribution in [0.15, 0.2) is 6.07 Å². The molecule has 0 spiro atoms. The molecule has 0 aliphatic heterocycles. The van der Waals surface area contributed by atoms with Crippen molar-refractivity contribution in [1.29, 1.82) is 0 Å². The van der Waals surface area contributed by atoms with Gasteiger partial charge in [0.05, 0.1) is 0 Å². The summed E-state index contributed by atoms with van der Waals surface area (Å²) in [7, 11) is 0. The summed E-state index contributed by atoms with van der Waals surface area (Å²) in [6.07, 6.45) is 8.38. The van der Waals surface area contributed by atoms with Gasteiger partial charge < -0.3 is 0 Å². The molecule has 1 aliphatic carbocycles. The highest BCUT2D eigenvalue weighted by molar-refractivity contribution is 7.09. The van der Waals surface area contributed by atoms with Crippen LogP contribution in [-0.2, 0) is 0 Å². The molecular formula is C12H18S. The Labute approximate surface area is 84.6 Å². The van der Waals surface area contributed by atoms with Crippen LogP contribution < -0.4 is 9.75 Å². The first-order valence-electron chi connectivity index (χ1n) is 5.04. The summed E-state index contributed by atoms with van der Waals surface area (Å²) in [5, 5.41) is 1.45. The molecule has 1 heterocycles. The minimum atomic E-state index is 1.23. The van der Waals surface area contributed by atoms with Crippen molar-refractivity contribution in [1.82, 2.24) is 0 Å². The molecule has 0 amide bonds. The quantitative estimate of drug-likeness (QED) is 0.596. The van der Waals surface area contributed by atoms with E-state index >= 15 is 0 Å². The first kappa shape index (κ1) is 10.5. The molecule has 0 saturated heterocycles. The Morgan fingerprint density at radius 1 is 1.23 bits per heavy atom. The van der Waals surface area contributed by atoms with Crippen molar-refractivity contribution in [3.8, 4) is 0 Å². The summed E-state index contributed by atoms with van der Waals surface area (Å²) in [5.74, 6) is 0. The maximum absolute atomic E-state index is 2.34. The Balaban J connectivity index is 0.000000251. The van der Waals surface area contributed by atoms with Gasteiger partial charge in [-0.25, -0.2) is 0 Å². The number of hydrogen-bond acceptors (Lipinski definition) is 1. The Bertz CT molecular complexity index is 323. The van der Waals surface area contributed by atoms with E-state index in [-0.39, 0.29) is 0 Å². The van der Waals surface area contributed by atoms with Crippen LogP contribution in [0, 0.1) is 6.92 Å². The van der Waals surface area contributed by atoms with Crippen molar-refractivity contribution in [2.75, 3.05) is 0 Å². The Hall–Kier alpha value is -0.560. The third-order valence-corrected chi connectivity index (χ3v) is 2.84. The molecule has 13 heavy (non-hydrogen) atoms. The fraction of sp³-hybridized carbons (Fsp3) is 0.500. The van der Waals surface area contributed by atoms with E-state index in [9.17, 15) is 0 Å². The standard InChI is InChI=1S/C9H10S.C3H8/c1-7-6-8-4-2-3-5-9(8)10-7;1-3-2/h4-6H,2-3H2,1H3;3H2,1-2H3. The fourth-order valence-electron chi connectivity index (χ4n) is 1.32. The molecule has 0 bridgehead atoms. The summed E-state index contributed by atoms with van der Waals surface area (Å²) >= 11 is 1.90. The number of hydrogen-bond donors (Lipinski definition) is 0. The third kappa shape index (κ3) is 3.00. The van der Waals surface area contributed by atoms with Crippen LogP contribution in [0.2, 0.25) is 0 Å².